The maximum atomic E-state index is 12.4. The number of nitrogens with one attached hydrogen (secondary N) is 1. The van der Waals surface area contributed by atoms with Gasteiger partial charge < -0.3 is 14.8 Å². The molecule has 150 valence electrons. The van der Waals surface area contributed by atoms with Crippen molar-refractivity contribution < 1.29 is 14.3 Å². The maximum Gasteiger partial charge on any atom is 0.255 e. The molecule has 1 N–H and O–H groups in total. The van der Waals surface area contributed by atoms with Crippen molar-refractivity contribution in [2.45, 2.75) is 46.0 Å². The Morgan fingerprint density at radius 1 is 0.893 bits per heavy atom. The molecule has 2 rings (SSSR count). The first-order valence-corrected chi connectivity index (χ1v) is 10.00. The van der Waals surface area contributed by atoms with Crippen LogP contribution in [0.15, 0.2) is 60.7 Å². The summed E-state index contributed by atoms with van der Waals surface area (Å²) < 4.78 is 11.3. The second kappa shape index (κ2) is 11.9. The van der Waals surface area contributed by atoms with Gasteiger partial charge in [-0.3, -0.25) is 4.79 Å². The van der Waals surface area contributed by atoms with E-state index in [0.717, 1.165) is 35.8 Å². The van der Waals surface area contributed by atoms with Crippen LogP contribution in [-0.2, 0) is 0 Å². The highest BCUT2D eigenvalue weighted by molar-refractivity contribution is 6.04. The number of benzene rings is 2. The minimum absolute atomic E-state index is 0.156. The standard InChI is InChI=1S/C24H31NO3/c1-4-5-6-7-8-17-27-22-15-11-21(12-16-22)25-24(26)20-9-13-23(14-10-20)28-18-19(2)3/h9-16H,2,4-8,17-18H2,1,3H3,(H,25,26). The summed E-state index contributed by atoms with van der Waals surface area (Å²) in [5.74, 6) is 1.39. The maximum absolute atomic E-state index is 12.4. The molecule has 0 saturated carbocycles. The Hall–Kier alpha value is -2.75. The summed E-state index contributed by atoms with van der Waals surface area (Å²) in [4.78, 5) is 12.4. The first-order chi connectivity index (χ1) is 13.6. The van der Waals surface area contributed by atoms with Crippen molar-refractivity contribution >= 4 is 11.6 Å². The van der Waals surface area contributed by atoms with Crippen LogP contribution in [0.2, 0.25) is 0 Å². The van der Waals surface area contributed by atoms with E-state index in [4.69, 9.17) is 9.47 Å². The highest BCUT2D eigenvalue weighted by atomic mass is 16.5. The summed E-state index contributed by atoms with van der Waals surface area (Å²) in [7, 11) is 0. The first-order valence-electron chi connectivity index (χ1n) is 10.00. The van der Waals surface area contributed by atoms with E-state index >= 15 is 0 Å². The number of hydrogen-bond acceptors (Lipinski definition) is 3. The molecule has 0 bridgehead atoms. The highest BCUT2D eigenvalue weighted by Gasteiger charge is 2.07. The van der Waals surface area contributed by atoms with Crippen LogP contribution in [0.4, 0.5) is 5.69 Å². The Bertz CT molecular complexity index is 735. The average Bonchev–Trinajstić information content (AvgIpc) is 2.70. The van der Waals surface area contributed by atoms with E-state index in [-0.39, 0.29) is 5.91 Å². The van der Waals surface area contributed by atoms with Crippen LogP contribution in [0.3, 0.4) is 0 Å². The van der Waals surface area contributed by atoms with Gasteiger partial charge in [-0.05, 0) is 67.4 Å². The molecule has 4 nitrogen and oxygen atoms in total. The van der Waals surface area contributed by atoms with Crippen LogP contribution >= 0.6 is 0 Å². The van der Waals surface area contributed by atoms with E-state index in [1.165, 1.54) is 25.7 Å². The first kappa shape index (κ1) is 21.5. The zero-order valence-corrected chi connectivity index (χ0v) is 17.0. The number of unbranched alkanes of at least 4 members (excludes halogenated alkanes) is 4. The van der Waals surface area contributed by atoms with Crippen molar-refractivity contribution in [3.63, 3.8) is 0 Å². The molecule has 0 aliphatic heterocycles. The van der Waals surface area contributed by atoms with Crippen LogP contribution in [0.1, 0.15) is 56.3 Å². The predicted molar refractivity (Wildman–Crippen MR) is 115 cm³/mol. The van der Waals surface area contributed by atoms with E-state index in [9.17, 15) is 4.79 Å². The molecule has 2 aromatic carbocycles. The third-order valence-electron chi connectivity index (χ3n) is 4.23. The number of carbonyl (C=O) groups is 1. The summed E-state index contributed by atoms with van der Waals surface area (Å²) in [5.41, 5.74) is 2.27. The minimum Gasteiger partial charge on any atom is -0.494 e. The molecular weight excluding hydrogens is 350 g/mol. The third-order valence-corrected chi connectivity index (χ3v) is 4.23. The van der Waals surface area contributed by atoms with Crippen molar-refractivity contribution in [1.82, 2.24) is 0 Å². The van der Waals surface area contributed by atoms with Gasteiger partial charge >= 0.3 is 0 Å². The fraction of sp³-hybridized carbons (Fsp3) is 0.375. The summed E-state index contributed by atoms with van der Waals surface area (Å²) in [6, 6.07) is 14.6. The topological polar surface area (TPSA) is 47.6 Å². The molecule has 0 aliphatic rings. The molecule has 0 heterocycles. The molecule has 0 radical (unpaired) electrons. The van der Waals surface area contributed by atoms with Crippen LogP contribution in [0, 0.1) is 0 Å². The van der Waals surface area contributed by atoms with Gasteiger partial charge in [-0.25, -0.2) is 0 Å². The smallest absolute Gasteiger partial charge is 0.255 e. The van der Waals surface area contributed by atoms with Crippen LogP contribution in [0.5, 0.6) is 11.5 Å². The fourth-order valence-electron chi connectivity index (χ4n) is 2.64. The fourth-order valence-corrected chi connectivity index (χ4v) is 2.64. The van der Waals surface area contributed by atoms with Crippen molar-refractivity contribution in [2.75, 3.05) is 18.5 Å². The predicted octanol–water partition coefficient (Wildman–Crippen LogP) is 6.24. The SMILES string of the molecule is C=C(C)COc1ccc(C(=O)Nc2ccc(OCCCCCCC)cc2)cc1. The van der Waals surface area contributed by atoms with E-state index in [1.54, 1.807) is 24.3 Å². The van der Waals surface area contributed by atoms with Crippen molar-refractivity contribution in [3.8, 4) is 11.5 Å². The van der Waals surface area contributed by atoms with Gasteiger partial charge in [0, 0.05) is 11.3 Å². The molecule has 2 aromatic rings. The largest absolute Gasteiger partial charge is 0.494 e. The lowest BCUT2D eigenvalue weighted by Crippen LogP contribution is -2.11. The molecule has 1 amide bonds. The number of rotatable bonds is 12. The van der Waals surface area contributed by atoms with Crippen LogP contribution in [-0.4, -0.2) is 19.1 Å². The number of ether oxygens (including phenoxy) is 2. The number of hydrogen-bond donors (Lipinski definition) is 1. The summed E-state index contributed by atoms with van der Waals surface area (Å²) in [6.07, 6.45) is 6.09. The second-order valence-electron chi connectivity index (χ2n) is 7.01. The van der Waals surface area contributed by atoms with E-state index in [2.05, 4.69) is 18.8 Å². The van der Waals surface area contributed by atoms with Gasteiger partial charge in [-0.1, -0.05) is 39.2 Å². The number of anilines is 1. The quantitative estimate of drug-likeness (QED) is 0.349. The zero-order chi connectivity index (χ0) is 20.2. The summed E-state index contributed by atoms with van der Waals surface area (Å²) >= 11 is 0. The molecule has 0 atom stereocenters. The zero-order valence-electron chi connectivity index (χ0n) is 17.0. The monoisotopic (exact) mass is 381 g/mol. The average molecular weight is 382 g/mol. The molecule has 0 spiro atoms. The Kier molecular flexibility index (Phi) is 9.13. The van der Waals surface area contributed by atoms with Gasteiger partial charge in [0.2, 0.25) is 0 Å². The molecule has 4 heteroatoms. The molecule has 0 unspecified atom stereocenters. The third kappa shape index (κ3) is 7.87. The van der Waals surface area contributed by atoms with Crippen LogP contribution in [0.25, 0.3) is 0 Å². The van der Waals surface area contributed by atoms with Crippen molar-refractivity contribution in [1.29, 1.82) is 0 Å². The molecule has 0 saturated heterocycles. The van der Waals surface area contributed by atoms with Gasteiger partial charge in [0.15, 0.2) is 0 Å². The van der Waals surface area contributed by atoms with E-state index in [0.29, 0.717) is 12.2 Å². The Labute approximate surface area is 168 Å². The van der Waals surface area contributed by atoms with Gasteiger partial charge in [0.05, 0.1) is 6.61 Å². The number of amides is 1. The number of carbonyl (C=O) groups excluding carboxylic acids is 1. The minimum atomic E-state index is -0.156. The summed E-state index contributed by atoms with van der Waals surface area (Å²) in [5, 5.41) is 2.90. The molecule has 0 aromatic heterocycles. The lowest BCUT2D eigenvalue weighted by Gasteiger charge is -2.09. The van der Waals surface area contributed by atoms with E-state index in [1.807, 2.05) is 31.2 Å². The van der Waals surface area contributed by atoms with Gasteiger partial charge in [0.25, 0.3) is 5.91 Å². The lowest BCUT2D eigenvalue weighted by atomic mass is 10.2. The Morgan fingerprint density at radius 3 is 2.14 bits per heavy atom. The molecule has 0 aliphatic carbocycles. The second-order valence-corrected chi connectivity index (χ2v) is 7.01. The molecule has 0 fully saturated rings. The Balaban J connectivity index is 1.78. The van der Waals surface area contributed by atoms with Crippen molar-refractivity contribution in [2.24, 2.45) is 0 Å². The molecular formula is C24H31NO3. The summed E-state index contributed by atoms with van der Waals surface area (Å²) in [6.45, 7) is 9.13. The van der Waals surface area contributed by atoms with E-state index < -0.39 is 0 Å². The van der Waals surface area contributed by atoms with Gasteiger partial charge in [-0.2, -0.15) is 0 Å². The van der Waals surface area contributed by atoms with Gasteiger partial charge in [-0.15, -0.1) is 0 Å². The lowest BCUT2D eigenvalue weighted by molar-refractivity contribution is 0.102. The van der Waals surface area contributed by atoms with Gasteiger partial charge in [0.1, 0.15) is 18.1 Å². The Morgan fingerprint density at radius 2 is 1.50 bits per heavy atom. The van der Waals surface area contributed by atoms with Crippen LogP contribution < -0.4 is 14.8 Å². The van der Waals surface area contributed by atoms with Crippen molar-refractivity contribution in [3.05, 3.63) is 66.2 Å². The highest BCUT2D eigenvalue weighted by Crippen LogP contribution is 2.18. The normalized spacial score (nSPS) is 10.4. The molecule has 28 heavy (non-hydrogen) atoms.